The summed E-state index contributed by atoms with van der Waals surface area (Å²) >= 11 is 0. The van der Waals surface area contributed by atoms with Gasteiger partial charge in [0.2, 0.25) is 11.8 Å². The molecule has 1 N–H and O–H groups in total. The fourth-order valence-electron chi connectivity index (χ4n) is 3.41. The Morgan fingerprint density at radius 2 is 1.75 bits per heavy atom. The SMILES string of the molecule is Cc1cccc(-n2nc(C(C)(C)C)cc2NC(=O)CN(CC(C)C)C(=O)CC(C)(C)C)c1. The average Bonchev–Trinajstić information content (AvgIpc) is 3.03. The number of aryl methyl sites for hydroxylation is 1. The van der Waals surface area contributed by atoms with Gasteiger partial charge in [0.05, 0.1) is 17.9 Å². The van der Waals surface area contributed by atoms with Gasteiger partial charge in [0.15, 0.2) is 0 Å². The number of rotatable bonds is 7. The molecule has 2 amide bonds. The standard InChI is InChI=1S/C26H40N4O2/c1-18(2)16-29(24(32)15-25(4,5)6)17-23(31)27-22-14-21(26(7,8)9)28-30(22)20-12-10-11-19(3)13-20/h10-14,18H,15-17H2,1-9H3,(H,27,31). The van der Waals surface area contributed by atoms with Crippen molar-refractivity contribution in [3.05, 3.63) is 41.6 Å². The van der Waals surface area contributed by atoms with Crippen LogP contribution in [0.25, 0.3) is 5.69 Å². The first-order valence-corrected chi connectivity index (χ1v) is 11.4. The maximum absolute atomic E-state index is 13.0. The summed E-state index contributed by atoms with van der Waals surface area (Å²) in [5.41, 5.74) is 2.59. The second-order valence-corrected chi connectivity index (χ2v) is 11.4. The van der Waals surface area contributed by atoms with Crippen LogP contribution in [0.3, 0.4) is 0 Å². The van der Waals surface area contributed by atoms with Gasteiger partial charge in [-0.05, 0) is 36.0 Å². The summed E-state index contributed by atoms with van der Waals surface area (Å²) in [5.74, 6) is 0.668. The van der Waals surface area contributed by atoms with Gasteiger partial charge in [0, 0.05) is 24.4 Å². The van der Waals surface area contributed by atoms with Crippen molar-refractivity contribution in [1.29, 1.82) is 0 Å². The van der Waals surface area contributed by atoms with Crippen LogP contribution in [0.5, 0.6) is 0 Å². The summed E-state index contributed by atoms with van der Waals surface area (Å²) in [6.45, 7) is 19.1. The first-order chi connectivity index (χ1) is 14.7. The van der Waals surface area contributed by atoms with E-state index in [9.17, 15) is 9.59 Å². The summed E-state index contributed by atoms with van der Waals surface area (Å²) in [5, 5.41) is 7.79. The number of nitrogens with one attached hydrogen (secondary N) is 1. The predicted octanol–water partition coefficient (Wildman–Crippen LogP) is 5.34. The van der Waals surface area contributed by atoms with Crippen molar-refractivity contribution in [3.8, 4) is 5.69 Å². The first kappa shape index (κ1) is 25.6. The minimum atomic E-state index is -0.220. The van der Waals surface area contributed by atoms with Crippen LogP contribution in [0.15, 0.2) is 30.3 Å². The molecule has 0 radical (unpaired) electrons. The lowest BCUT2D eigenvalue weighted by Crippen LogP contribution is -2.41. The first-order valence-electron chi connectivity index (χ1n) is 11.4. The van der Waals surface area contributed by atoms with E-state index >= 15 is 0 Å². The molecule has 6 heteroatoms. The third-order valence-electron chi connectivity index (χ3n) is 4.95. The van der Waals surface area contributed by atoms with E-state index in [0.29, 0.717) is 18.8 Å². The molecule has 32 heavy (non-hydrogen) atoms. The highest BCUT2D eigenvalue weighted by Gasteiger charge is 2.25. The van der Waals surface area contributed by atoms with E-state index in [-0.39, 0.29) is 35.1 Å². The molecule has 6 nitrogen and oxygen atoms in total. The smallest absolute Gasteiger partial charge is 0.245 e. The molecule has 0 aliphatic rings. The molecule has 0 bridgehead atoms. The summed E-state index contributed by atoms with van der Waals surface area (Å²) in [6.07, 6.45) is 0.405. The van der Waals surface area contributed by atoms with Gasteiger partial charge in [-0.3, -0.25) is 9.59 Å². The third kappa shape index (κ3) is 7.50. The van der Waals surface area contributed by atoms with E-state index in [4.69, 9.17) is 5.10 Å². The van der Waals surface area contributed by atoms with Crippen LogP contribution in [0.4, 0.5) is 5.82 Å². The molecule has 0 aliphatic heterocycles. The summed E-state index contributed by atoms with van der Waals surface area (Å²) in [4.78, 5) is 27.6. The molecule has 1 aromatic heterocycles. The number of benzene rings is 1. The van der Waals surface area contributed by atoms with Gasteiger partial charge in [0.25, 0.3) is 0 Å². The van der Waals surface area contributed by atoms with Gasteiger partial charge in [-0.25, -0.2) is 4.68 Å². The molecule has 0 atom stereocenters. The lowest BCUT2D eigenvalue weighted by atomic mass is 9.91. The minimum Gasteiger partial charge on any atom is -0.333 e. The highest BCUT2D eigenvalue weighted by molar-refractivity contribution is 5.94. The number of hydrogen-bond acceptors (Lipinski definition) is 3. The molecule has 1 heterocycles. The van der Waals surface area contributed by atoms with Gasteiger partial charge in [-0.15, -0.1) is 0 Å². The van der Waals surface area contributed by atoms with Crippen molar-refractivity contribution < 1.29 is 9.59 Å². The molecule has 0 fully saturated rings. The Balaban J connectivity index is 2.30. The van der Waals surface area contributed by atoms with Crippen LogP contribution in [0, 0.1) is 18.3 Å². The maximum atomic E-state index is 13.0. The van der Waals surface area contributed by atoms with Crippen LogP contribution in [0.1, 0.15) is 73.1 Å². The Hall–Kier alpha value is -2.63. The molecule has 0 unspecified atom stereocenters. The van der Waals surface area contributed by atoms with Crippen LogP contribution in [-0.4, -0.2) is 39.6 Å². The molecule has 0 saturated carbocycles. The van der Waals surface area contributed by atoms with Crippen molar-refractivity contribution in [3.63, 3.8) is 0 Å². The Bertz CT molecular complexity index is 945. The Labute approximate surface area is 193 Å². The second-order valence-electron chi connectivity index (χ2n) is 11.4. The molecule has 2 rings (SSSR count). The average molecular weight is 441 g/mol. The monoisotopic (exact) mass is 440 g/mol. The zero-order chi connectivity index (χ0) is 24.3. The lowest BCUT2D eigenvalue weighted by Gasteiger charge is -2.27. The molecule has 2 aromatic rings. The van der Waals surface area contributed by atoms with Crippen molar-refractivity contribution in [1.82, 2.24) is 14.7 Å². The molecule has 0 aliphatic carbocycles. The minimum absolute atomic E-state index is 0.00363. The Morgan fingerprint density at radius 3 is 2.28 bits per heavy atom. The third-order valence-corrected chi connectivity index (χ3v) is 4.95. The number of aromatic nitrogens is 2. The Morgan fingerprint density at radius 1 is 1.09 bits per heavy atom. The zero-order valence-corrected chi connectivity index (χ0v) is 21.2. The van der Waals surface area contributed by atoms with E-state index in [1.807, 2.05) is 58.0 Å². The molecule has 0 saturated heterocycles. The van der Waals surface area contributed by atoms with Gasteiger partial charge in [0.1, 0.15) is 5.82 Å². The van der Waals surface area contributed by atoms with E-state index in [0.717, 1.165) is 16.9 Å². The molecule has 1 aromatic carbocycles. The largest absolute Gasteiger partial charge is 0.333 e. The van der Waals surface area contributed by atoms with Crippen molar-refractivity contribution in [2.75, 3.05) is 18.4 Å². The summed E-state index contributed by atoms with van der Waals surface area (Å²) in [6, 6.07) is 9.93. The van der Waals surface area contributed by atoms with E-state index in [2.05, 4.69) is 39.9 Å². The molecule has 176 valence electrons. The van der Waals surface area contributed by atoms with E-state index in [1.165, 1.54) is 0 Å². The zero-order valence-electron chi connectivity index (χ0n) is 21.2. The predicted molar refractivity (Wildman–Crippen MR) is 131 cm³/mol. The number of amides is 2. The number of hydrogen-bond donors (Lipinski definition) is 1. The van der Waals surface area contributed by atoms with Crippen molar-refractivity contribution >= 4 is 17.6 Å². The number of carbonyl (C=O) groups is 2. The summed E-state index contributed by atoms with van der Waals surface area (Å²) < 4.78 is 1.77. The van der Waals surface area contributed by atoms with Crippen LogP contribution >= 0.6 is 0 Å². The summed E-state index contributed by atoms with van der Waals surface area (Å²) in [7, 11) is 0. The lowest BCUT2D eigenvalue weighted by molar-refractivity contribution is -0.136. The van der Waals surface area contributed by atoms with Crippen LogP contribution in [0.2, 0.25) is 0 Å². The van der Waals surface area contributed by atoms with E-state index in [1.54, 1.807) is 9.58 Å². The number of anilines is 1. The fourth-order valence-corrected chi connectivity index (χ4v) is 3.41. The van der Waals surface area contributed by atoms with Gasteiger partial charge in [-0.2, -0.15) is 5.10 Å². The van der Waals surface area contributed by atoms with Gasteiger partial charge in [-0.1, -0.05) is 67.5 Å². The highest BCUT2D eigenvalue weighted by Crippen LogP contribution is 2.27. The molecular weight excluding hydrogens is 400 g/mol. The normalized spacial score (nSPS) is 12.2. The van der Waals surface area contributed by atoms with Crippen molar-refractivity contribution in [2.45, 2.75) is 74.1 Å². The quantitative estimate of drug-likeness (QED) is 0.632. The molecular formula is C26H40N4O2. The van der Waals surface area contributed by atoms with Gasteiger partial charge < -0.3 is 10.2 Å². The Kier molecular flexibility index (Phi) is 7.92. The van der Waals surface area contributed by atoms with E-state index < -0.39 is 0 Å². The highest BCUT2D eigenvalue weighted by atomic mass is 16.2. The van der Waals surface area contributed by atoms with Gasteiger partial charge >= 0.3 is 0 Å². The number of carbonyl (C=O) groups excluding carboxylic acids is 2. The second kappa shape index (κ2) is 9.88. The topological polar surface area (TPSA) is 67.2 Å². The van der Waals surface area contributed by atoms with Crippen molar-refractivity contribution in [2.24, 2.45) is 11.3 Å². The fraction of sp³-hybridized carbons (Fsp3) is 0.577. The van der Waals surface area contributed by atoms with Crippen LogP contribution in [-0.2, 0) is 15.0 Å². The maximum Gasteiger partial charge on any atom is 0.245 e. The number of nitrogens with zero attached hydrogens (tertiary/aromatic N) is 3. The molecule has 0 spiro atoms. The van der Waals surface area contributed by atoms with Crippen LogP contribution < -0.4 is 5.32 Å².